The third kappa shape index (κ3) is 4.33. The van der Waals surface area contributed by atoms with Gasteiger partial charge in [0.25, 0.3) is 0 Å². The molecule has 0 aromatic rings. The molecule has 3 heteroatoms. The lowest BCUT2D eigenvalue weighted by Gasteiger charge is -2.54. The number of rotatable bonds is 3. The van der Waals surface area contributed by atoms with Gasteiger partial charge in [-0.1, -0.05) is 38.8 Å². The first kappa shape index (κ1) is 19.7. The van der Waals surface area contributed by atoms with E-state index in [9.17, 15) is 0 Å². The molecule has 23 heavy (non-hydrogen) atoms. The van der Waals surface area contributed by atoms with Crippen LogP contribution in [0.2, 0.25) is 0 Å². The van der Waals surface area contributed by atoms with Crippen molar-refractivity contribution >= 4 is 0 Å². The van der Waals surface area contributed by atoms with Gasteiger partial charge in [0.05, 0.1) is 39.9 Å². The third-order valence-electron chi connectivity index (χ3n) is 6.13. The van der Waals surface area contributed by atoms with Crippen LogP contribution in [0.25, 0.3) is 0 Å². The van der Waals surface area contributed by atoms with Crippen molar-refractivity contribution in [3.8, 4) is 0 Å². The molecular formula is C20H36INO. The zero-order valence-electron chi connectivity index (χ0n) is 15.7. The SMILES string of the molecule is CC(C)(C[N+](C)(C)C)C1OC2CCCCC2C2C=CCCC21.[I-]. The molecule has 0 aromatic heterocycles. The van der Waals surface area contributed by atoms with Gasteiger partial charge >= 0.3 is 0 Å². The normalized spacial score (nSPS) is 37.5. The first-order valence-corrected chi connectivity index (χ1v) is 9.40. The average Bonchev–Trinajstić information content (AvgIpc) is 2.44. The summed E-state index contributed by atoms with van der Waals surface area (Å²) in [5.41, 5.74) is 0.245. The minimum absolute atomic E-state index is 0. The Balaban J connectivity index is 0.00000192. The third-order valence-corrected chi connectivity index (χ3v) is 6.13. The van der Waals surface area contributed by atoms with Crippen LogP contribution >= 0.6 is 0 Å². The quantitative estimate of drug-likeness (QED) is 0.370. The van der Waals surface area contributed by atoms with Crippen molar-refractivity contribution in [2.45, 2.75) is 64.6 Å². The van der Waals surface area contributed by atoms with Gasteiger partial charge in [-0.15, -0.1) is 0 Å². The van der Waals surface area contributed by atoms with Crippen LogP contribution in [0.1, 0.15) is 52.4 Å². The van der Waals surface area contributed by atoms with E-state index in [4.69, 9.17) is 4.74 Å². The molecule has 2 fully saturated rings. The number of fused-ring (bicyclic) bond motifs is 3. The molecule has 1 heterocycles. The molecule has 1 saturated heterocycles. The first-order valence-electron chi connectivity index (χ1n) is 9.40. The Kier molecular flexibility index (Phi) is 6.28. The molecule has 3 rings (SSSR count). The zero-order valence-corrected chi connectivity index (χ0v) is 17.9. The van der Waals surface area contributed by atoms with Crippen molar-refractivity contribution in [3.05, 3.63) is 12.2 Å². The predicted octanol–water partition coefficient (Wildman–Crippen LogP) is 1.26. The summed E-state index contributed by atoms with van der Waals surface area (Å²) in [6.07, 6.45) is 14.0. The largest absolute Gasteiger partial charge is 1.00 e. The number of hydrogen-bond donors (Lipinski definition) is 0. The van der Waals surface area contributed by atoms with Gasteiger partial charge in [-0.3, -0.25) is 0 Å². The Labute approximate surface area is 160 Å². The maximum absolute atomic E-state index is 6.83. The predicted molar refractivity (Wildman–Crippen MR) is 92.7 cm³/mol. The van der Waals surface area contributed by atoms with Gasteiger partial charge in [-0.05, 0) is 43.4 Å². The summed E-state index contributed by atoms with van der Waals surface area (Å²) in [5, 5.41) is 0. The van der Waals surface area contributed by atoms with Gasteiger partial charge in [0.15, 0.2) is 0 Å². The first-order chi connectivity index (χ1) is 10.3. The molecule has 0 amide bonds. The van der Waals surface area contributed by atoms with Crippen molar-refractivity contribution in [1.29, 1.82) is 0 Å². The van der Waals surface area contributed by atoms with E-state index in [1.165, 1.54) is 45.1 Å². The van der Waals surface area contributed by atoms with Crippen LogP contribution in [-0.4, -0.2) is 44.4 Å². The van der Waals surface area contributed by atoms with E-state index in [2.05, 4.69) is 47.1 Å². The number of halogens is 1. The molecule has 1 aliphatic heterocycles. The number of hydrogen-bond acceptors (Lipinski definition) is 1. The van der Waals surface area contributed by atoms with E-state index >= 15 is 0 Å². The summed E-state index contributed by atoms with van der Waals surface area (Å²) < 4.78 is 7.85. The number of nitrogens with zero attached hydrogens (tertiary/aromatic N) is 1. The highest BCUT2D eigenvalue weighted by Gasteiger charge is 2.51. The molecule has 3 aliphatic rings. The summed E-state index contributed by atoms with van der Waals surface area (Å²) in [5.74, 6) is 2.32. The van der Waals surface area contributed by atoms with Crippen molar-refractivity contribution in [3.63, 3.8) is 0 Å². The lowest BCUT2D eigenvalue weighted by molar-refractivity contribution is -0.877. The highest BCUT2D eigenvalue weighted by Crippen LogP contribution is 2.50. The summed E-state index contributed by atoms with van der Waals surface area (Å²) in [7, 11) is 6.94. The van der Waals surface area contributed by atoms with Crippen molar-refractivity contribution < 1.29 is 33.2 Å². The Bertz CT molecular complexity index is 426. The highest BCUT2D eigenvalue weighted by atomic mass is 127. The van der Waals surface area contributed by atoms with Gasteiger partial charge in [-0.2, -0.15) is 0 Å². The van der Waals surface area contributed by atoms with Crippen LogP contribution in [-0.2, 0) is 4.74 Å². The second-order valence-electron chi connectivity index (χ2n) is 9.73. The molecule has 0 N–H and O–H groups in total. The molecule has 0 bridgehead atoms. The van der Waals surface area contributed by atoms with Crippen LogP contribution in [0.5, 0.6) is 0 Å². The Morgan fingerprint density at radius 1 is 1.04 bits per heavy atom. The fourth-order valence-corrected chi connectivity index (χ4v) is 5.79. The lowest BCUT2D eigenvalue weighted by Crippen LogP contribution is -3.00. The Morgan fingerprint density at radius 3 is 2.43 bits per heavy atom. The van der Waals surface area contributed by atoms with E-state index in [1.807, 2.05) is 0 Å². The molecule has 1 saturated carbocycles. The van der Waals surface area contributed by atoms with Crippen LogP contribution in [0, 0.1) is 23.2 Å². The maximum Gasteiger partial charge on any atom is 0.0857 e. The van der Waals surface area contributed by atoms with E-state index in [0.717, 1.165) is 22.2 Å². The fraction of sp³-hybridized carbons (Fsp3) is 0.900. The molecule has 0 spiro atoms. The second-order valence-corrected chi connectivity index (χ2v) is 9.73. The average molecular weight is 433 g/mol. The second kappa shape index (κ2) is 7.33. The van der Waals surface area contributed by atoms with Crippen LogP contribution in [0.4, 0.5) is 0 Å². The standard InChI is InChI=1S/C20H36NO.HI/c1-20(2,14-21(3,4)5)19-17-12-7-6-10-15(17)16-11-8-9-13-18(16)22-19;/h6,10,15-19H,7-9,11-14H2,1-5H3;1H/q+1;/p-1. The van der Waals surface area contributed by atoms with Gasteiger partial charge in [0.2, 0.25) is 0 Å². The Hall–Kier alpha value is 0.390. The number of allylic oxidation sites excluding steroid dienone is 2. The zero-order chi connectivity index (χ0) is 16.0. The minimum atomic E-state index is 0. The van der Waals surface area contributed by atoms with Crippen molar-refractivity contribution in [2.75, 3.05) is 27.7 Å². The molecule has 0 radical (unpaired) electrons. The van der Waals surface area contributed by atoms with Crippen molar-refractivity contribution in [2.24, 2.45) is 23.2 Å². The summed E-state index contributed by atoms with van der Waals surface area (Å²) >= 11 is 0. The van der Waals surface area contributed by atoms with Crippen LogP contribution in [0.15, 0.2) is 12.2 Å². The molecule has 134 valence electrons. The van der Waals surface area contributed by atoms with Gasteiger partial charge in [-0.25, -0.2) is 0 Å². The fourth-order valence-electron chi connectivity index (χ4n) is 5.79. The number of ether oxygens (including phenoxy) is 1. The summed E-state index contributed by atoms with van der Waals surface area (Å²) in [4.78, 5) is 0. The number of quaternary nitrogens is 1. The van der Waals surface area contributed by atoms with Gasteiger partial charge in [0.1, 0.15) is 0 Å². The summed E-state index contributed by atoms with van der Waals surface area (Å²) in [6, 6.07) is 0. The molecule has 0 aromatic carbocycles. The van der Waals surface area contributed by atoms with E-state index in [0.29, 0.717) is 12.2 Å². The molecule has 5 unspecified atom stereocenters. The van der Waals surface area contributed by atoms with E-state index < -0.39 is 0 Å². The molecule has 2 nitrogen and oxygen atoms in total. The Morgan fingerprint density at radius 2 is 1.74 bits per heavy atom. The molecule has 5 atom stereocenters. The topological polar surface area (TPSA) is 9.23 Å². The van der Waals surface area contributed by atoms with Gasteiger partial charge < -0.3 is 33.2 Å². The van der Waals surface area contributed by atoms with Gasteiger partial charge in [0, 0.05) is 5.41 Å². The van der Waals surface area contributed by atoms with Crippen LogP contribution in [0.3, 0.4) is 0 Å². The molecule has 2 aliphatic carbocycles. The minimum Gasteiger partial charge on any atom is -1.00 e. The van der Waals surface area contributed by atoms with Crippen LogP contribution < -0.4 is 24.0 Å². The smallest absolute Gasteiger partial charge is 0.0857 e. The summed E-state index contributed by atoms with van der Waals surface area (Å²) in [6.45, 7) is 6.07. The van der Waals surface area contributed by atoms with Crippen molar-refractivity contribution in [1.82, 2.24) is 0 Å². The maximum atomic E-state index is 6.83. The van der Waals surface area contributed by atoms with E-state index in [1.54, 1.807) is 0 Å². The highest BCUT2D eigenvalue weighted by molar-refractivity contribution is 5.08. The lowest BCUT2D eigenvalue weighted by atomic mass is 9.61. The molecular weight excluding hydrogens is 397 g/mol. The van der Waals surface area contributed by atoms with E-state index in [-0.39, 0.29) is 29.4 Å². The monoisotopic (exact) mass is 433 g/mol.